The molecule has 4 N–H and O–H groups in total. The Morgan fingerprint density at radius 3 is 2.31 bits per heavy atom. The quantitative estimate of drug-likeness (QED) is 0.270. The highest BCUT2D eigenvalue weighted by Crippen LogP contribution is 2.24. The molecule has 1 unspecified atom stereocenters. The monoisotopic (exact) mass is 517 g/mol. The zero-order valence-corrected chi connectivity index (χ0v) is 21.3. The Hall–Kier alpha value is -2.81. The van der Waals surface area contributed by atoms with Crippen molar-refractivity contribution in [3.8, 4) is 11.5 Å². The van der Waals surface area contributed by atoms with E-state index in [1.807, 2.05) is 24.3 Å². The number of rotatable bonds is 15. The van der Waals surface area contributed by atoms with Crippen molar-refractivity contribution >= 4 is 23.4 Å². The predicted octanol–water partition coefficient (Wildman–Crippen LogP) is 2.71. The fourth-order valence-electron chi connectivity index (χ4n) is 3.96. The van der Waals surface area contributed by atoms with Crippen LogP contribution in [-0.4, -0.2) is 62.4 Å². The van der Waals surface area contributed by atoms with Crippen LogP contribution < -0.4 is 25.4 Å². The Morgan fingerprint density at radius 1 is 0.917 bits per heavy atom. The lowest BCUT2D eigenvalue weighted by atomic mass is 10.1. The van der Waals surface area contributed by atoms with Crippen LogP contribution in [0.25, 0.3) is 0 Å². The van der Waals surface area contributed by atoms with Crippen LogP contribution in [0, 0.1) is 5.92 Å². The Kier molecular flexibility index (Phi) is 11.8. The van der Waals surface area contributed by atoms with Gasteiger partial charge < -0.3 is 30.5 Å². The van der Waals surface area contributed by atoms with Crippen LogP contribution in [0.4, 0.5) is 0 Å². The summed E-state index contributed by atoms with van der Waals surface area (Å²) in [6, 6.07) is 14.4. The molecule has 0 heterocycles. The molecule has 2 aromatic carbocycles. The number of carbonyl (C=O) groups is 2. The third-order valence-corrected chi connectivity index (χ3v) is 6.24. The van der Waals surface area contributed by atoms with Crippen molar-refractivity contribution in [2.24, 2.45) is 5.92 Å². The van der Waals surface area contributed by atoms with Crippen molar-refractivity contribution in [3.63, 3.8) is 0 Å². The number of halogens is 1. The van der Waals surface area contributed by atoms with E-state index >= 15 is 0 Å². The van der Waals surface area contributed by atoms with Crippen molar-refractivity contribution in [3.05, 3.63) is 59.1 Å². The second-order valence-electron chi connectivity index (χ2n) is 8.93. The average Bonchev–Trinajstić information content (AvgIpc) is 3.43. The van der Waals surface area contributed by atoms with Gasteiger partial charge in [0.2, 0.25) is 5.91 Å². The number of carbonyl (C=O) groups excluding carboxylic acids is 2. The van der Waals surface area contributed by atoms with Crippen molar-refractivity contribution in [2.75, 3.05) is 39.4 Å². The maximum absolute atomic E-state index is 12.0. The molecule has 1 atom stereocenters. The number of ether oxygens (including phenoxy) is 2. The molecule has 1 aliphatic carbocycles. The standard InChI is InChI=1S/C27H36ClN3O5/c28-22-7-11-25(12-8-22)36-19-26(33)30-14-13-20-5-9-24(10-6-20)35-18-23(32)17-29-15-16-31-27(34)21-3-1-2-4-21/h5-12,21,23,29,32H,1-4,13-19H2,(H,30,33)(H,31,34). The van der Waals surface area contributed by atoms with Gasteiger partial charge in [-0.2, -0.15) is 0 Å². The molecule has 36 heavy (non-hydrogen) atoms. The van der Waals surface area contributed by atoms with Crippen LogP contribution in [0.15, 0.2) is 48.5 Å². The second-order valence-corrected chi connectivity index (χ2v) is 9.36. The summed E-state index contributed by atoms with van der Waals surface area (Å²) < 4.78 is 11.1. The van der Waals surface area contributed by atoms with Gasteiger partial charge in [-0.3, -0.25) is 9.59 Å². The first-order valence-corrected chi connectivity index (χ1v) is 12.9. The molecule has 0 saturated heterocycles. The highest BCUT2D eigenvalue weighted by molar-refractivity contribution is 6.30. The van der Waals surface area contributed by atoms with Gasteiger partial charge in [0.05, 0.1) is 0 Å². The van der Waals surface area contributed by atoms with Gasteiger partial charge in [-0.1, -0.05) is 36.6 Å². The number of benzene rings is 2. The molecule has 0 aliphatic heterocycles. The molecular weight excluding hydrogens is 482 g/mol. The van der Waals surface area contributed by atoms with Crippen LogP contribution in [0.2, 0.25) is 5.02 Å². The highest BCUT2D eigenvalue weighted by atomic mass is 35.5. The summed E-state index contributed by atoms with van der Waals surface area (Å²) in [5.41, 5.74) is 1.06. The molecule has 9 heteroatoms. The lowest BCUT2D eigenvalue weighted by Gasteiger charge is -2.14. The molecule has 8 nitrogen and oxygen atoms in total. The van der Waals surface area contributed by atoms with Crippen LogP contribution in [0.1, 0.15) is 31.2 Å². The SMILES string of the molecule is O=C(COc1ccc(Cl)cc1)NCCc1ccc(OCC(O)CNCCNC(=O)C2CCCC2)cc1. The van der Waals surface area contributed by atoms with Gasteiger partial charge in [0, 0.05) is 37.1 Å². The van der Waals surface area contributed by atoms with Gasteiger partial charge in [0.15, 0.2) is 6.61 Å². The van der Waals surface area contributed by atoms with E-state index < -0.39 is 6.10 Å². The minimum atomic E-state index is -0.652. The molecule has 2 amide bonds. The van der Waals surface area contributed by atoms with E-state index in [1.54, 1.807) is 24.3 Å². The Bertz CT molecular complexity index is 933. The van der Waals surface area contributed by atoms with Gasteiger partial charge in [-0.05, 0) is 61.2 Å². The molecule has 3 rings (SSSR count). The van der Waals surface area contributed by atoms with Crippen molar-refractivity contribution in [2.45, 2.75) is 38.2 Å². The predicted molar refractivity (Wildman–Crippen MR) is 139 cm³/mol. The van der Waals surface area contributed by atoms with E-state index in [-0.39, 0.29) is 30.9 Å². The number of hydrogen-bond acceptors (Lipinski definition) is 6. The molecule has 1 fully saturated rings. The molecule has 0 bridgehead atoms. The first kappa shape index (κ1) is 27.8. The summed E-state index contributed by atoms with van der Waals surface area (Å²) in [6.07, 6.45) is 4.30. The summed E-state index contributed by atoms with van der Waals surface area (Å²) in [4.78, 5) is 23.9. The summed E-state index contributed by atoms with van der Waals surface area (Å²) in [5.74, 6) is 1.39. The summed E-state index contributed by atoms with van der Waals surface area (Å²) in [7, 11) is 0. The first-order chi connectivity index (χ1) is 17.5. The Labute approximate surface area is 217 Å². The van der Waals surface area contributed by atoms with E-state index in [0.717, 1.165) is 31.2 Å². The molecule has 1 saturated carbocycles. The molecule has 0 radical (unpaired) electrons. The second kappa shape index (κ2) is 15.3. The van der Waals surface area contributed by atoms with Crippen molar-refractivity contribution in [1.82, 2.24) is 16.0 Å². The Morgan fingerprint density at radius 2 is 1.58 bits per heavy atom. The topological polar surface area (TPSA) is 109 Å². The van der Waals surface area contributed by atoms with Crippen molar-refractivity contribution < 1.29 is 24.2 Å². The summed E-state index contributed by atoms with van der Waals surface area (Å²) in [6.45, 7) is 2.16. The fourth-order valence-corrected chi connectivity index (χ4v) is 4.08. The number of amides is 2. The van der Waals surface area contributed by atoms with Crippen LogP contribution in [0.3, 0.4) is 0 Å². The summed E-state index contributed by atoms with van der Waals surface area (Å²) in [5, 5.41) is 19.6. The van der Waals surface area contributed by atoms with E-state index in [1.165, 1.54) is 0 Å². The van der Waals surface area contributed by atoms with Gasteiger partial charge in [-0.15, -0.1) is 0 Å². The molecule has 0 aromatic heterocycles. The minimum absolute atomic E-state index is 0.0549. The average molecular weight is 518 g/mol. The van der Waals surface area contributed by atoms with E-state index in [9.17, 15) is 14.7 Å². The van der Waals surface area contributed by atoms with E-state index in [0.29, 0.717) is 49.1 Å². The number of nitrogens with one attached hydrogen (secondary N) is 3. The molecule has 2 aromatic rings. The number of hydrogen-bond donors (Lipinski definition) is 4. The first-order valence-electron chi connectivity index (χ1n) is 12.5. The minimum Gasteiger partial charge on any atom is -0.491 e. The zero-order valence-electron chi connectivity index (χ0n) is 20.5. The van der Waals surface area contributed by atoms with Gasteiger partial charge in [0.25, 0.3) is 5.91 Å². The van der Waals surface area contributed by atoms with Gasteiger partial charge in [-0.25, -0.2) is 0 Å². The zero-order chi connectivity index (χ0) is 25.6. The van der Waals surface area contributed by atoms with E-state index in [2.05, 4.69) is 16.0 Å². The molecule has 1 aliphatic rings. The molecule has 196 valence electrons. The van der Waals surface area contributed by atoms with Gasteiger partial charge >= 0.3 is 0 Å². The maximum Gasteiger partial charge on any atom is 0.257 e. The lowest BCUT2D eigenvalue weighted by Crippen LogP contribution is -2.38. The fraction of sp³-hybridized carbons (Fsp3) is 0.481. The number of aliphatic hydroxyl groups is 1. The summed E-state index contributed by atoms with van der Waals surface area (Å²) >= 11 is 5.83. The number of aliphatic hydroxyl groups excluding tert-OH is 1. The van der Waals surface area contributed by atoms with Crippen LogP contribution in [0.5, 0.6) is 11.5 Å². The third-order valence-electron chi connectivity index (χ3n) is 5.99. The maximum atomic E-state index is 12.0. The Balaban J connectivity index is 1.21. The lowest BCUT2D eigenvalue weighted by molar-refractivity contribution is -0.125. The smallest absolute Gasteiger partial charge is 0.257 e. The van der Waals surface area contributed by atoms with Crippen molar-refractivity contribution in [1.29, 1.82) is 0 Å². The normalized spacial score (nSPS) is 14.3. The van der Waals surface area contributed by atoms with Gasteiger partial charge in [0.1, 0.15) is 24.2 Å². The molecule has 0 spiro atoms. The highest BCUT2D eigenvalue weighted by Gasteiger charge is 2.21. The van der Waals surface area contributed by atoms with E-state index in [4.69, 9.17) is 21.1 Å². The van der Waals surface area contributed by atoms with Crippen LogP contribution in [-0.2, 0) is 16.0 Å². The largest absolute Gasteiger partial charge is 0.491 e. The van der Waals surface area contributed by atoms with Crippen LogP contribution >= 0.6 is 11.6 Å². The third kappa shape index (κ3) is 10.4. The molecular formula is C27H36ClN3O5.